The molecule has 1 fully saturated rings. The first-order valence-electron chi connectivity index (χ1n) is 10.1. The Labute approximate surface area is 169 Å². The van der Waals surface area contributed by atoms with Gasteiger partial charge in [0, 0.05) is 31.5 Å². The standard InChI is InChI=1S/C21H27N5O3/c1-13-16-9-8-14(10-18(16)26(24-13)15-6-4-5-7-15)17-11-21(29-25-17,20(28)23-3)12-19(27)22-2/h8-10,15H,4-7,11-12H2,1-3H3,(H,22,27)(H,23,28). The van der Waals surface area contributed by atoms with E-state index in [1.54, 1.807) is 0 Å². The van der Waals surface area contributed by atoms with E-state index in [9.17, 15) is 9.59 Å². The van der Waals surface area contributed by atoms with Gasteiger partial charge in [-0.05, 0) is 25.8 Å². The summed E-state index contributed by atoms with van der Waals surface area (Å²) in [6, 6.07) is 6.55. The van der Waals surface area contributed by atoms with Crippen LogP contribution in [0.15, 0.2) is 23.4 Å². The fourth-order valence-corrected chi connectivity index (χ4v) is 4.41. The number of amides is 2. The monoisotopic (exact) mass is 397 g/mol. The number of nitrogens with zero attached hydrogens (tertiary/aromatic N) is 3. The fourth-order valence-electron chi connectivity index (χ4n) is 4.41. The van der Waals surface area contributed by atoms with Crippen LogP contribution in [-0.4, -0.2) is 47.0 Å². The number of carbonyl (C=O) groups excluding carboxylic acids is 2. The van der Waals surface area contributed by atoms with Crippen LogP contribution in [0.1, 0.15) is 55.8 Å². The Balaban J connectivity index is 1.67. The highest BCUT2D eigenvalue weighted by molar-refractivity contribution is 6.08. The summed E-state index contributed by atoms with van der Waals surface area (Å²) in [5.74, 6) is -0.622. The SMILES string of the molecule is CNC(=O)CC1(C(=O)NC)CC(c2ccc3c(C)nn(C4CCCC4)c3c2)=NO1. The van der Waals surface area contributed by atoms with E-state index in [0.29, 0.717) is 11.8 Å². The van der Waals surface area contributed by atoms with Crippen LogP contribution < -0.4 is 10.6 Å². The molecule has 154 valence electrons. The molecule has 0 saturated heterocycles. The van der Waals surface area contributed by atoms with E-state index in [2.05, 4.69) is 32.6 Å². The van der Waals surface area contributed by atoms with Crippen LogP contribution >= 0.6 is 0 Å². The van der Waals surface area contributed by atoms with Gasteiger partial charge in [0.05, 0.1) is 29.4 Å². The molecule has 29 heavy (non-hydrogen) atoms. The van der Waals surface area contributed by atoms with Crippen molar-refractivity contribution in [3.05, 3.63) is 29.5 Å². The topological polar surface area (TPSA) is 97.6 Å². The van der Waals surface area contributed by atoms with Gasteiger partial charge in [-0.25, -0.2) is 0 Å². The molecule has 2 aromatic rings. The van der Waals surface area contributed by atoms with Gasteiger partial charge in [0.15, 0.2) is 0 Å². The van der Waals surface area contributed by atoms with Crippen LogP contribution in [0.3, 0.4) is 0 Å². The number of oxime groups is 1. The second-order valence-electron chi connectivity index (χ2n) is 7.93. The Hall–Kier alpha value is -2.90. The highest BCUT2D eigenvalue weighted by atomic mass is 16.7. The molecular formula is C21H27N5O3. The summed E-state index contributed by atoms with van der Waals surface area (Å²) in [5.41, 5.74) is 2.33. The minimum Gasteiger partial charge on any atom is -0.378 e. The van der Waals surface area contributed by atoms with Crippen molar-refractivity contribution in [2.24, 2.45) is 5.16 Å². The van der Waals surface area contributed by atoms with Crippen molar-refractivity contribution in [1.82, 2.24) is 20.4 Å². The molecule has 1 atom stereocenters. The van der Waals surface area contributed by atoms with Gasteiger partial charge in [-0.1, -0.05) is 30.1 Å². The average Bonchev–Trinajstić information content (AvgIpc) is 3.47. The number of benzene rings is 1. The quantitative estimate of drug-likeness (QED) is 0.808. The number of aromatic nitrogens is 2. The van der Waals surface area contributed by atoms with Gasteiger partial charge in [0.2, 0.25) is 11.5 Å². The van der Waals surface area contributed by atoms with Crippen LogP contribution in [0.25, 0.3) is 10.9 Å². The van der Waals surface area contributed by atoms with Gasteiger partial charge in [-0.2, -0.15) is 5.10 Å². The number of nitrogens with one attached hydrogen (secondary N) is 2. The van der Waals surface area contributed by atoms with Crippen molar-refractivity contribution in [3.8, 4) is 0 Å². The van der Waals surface area contributed by atoms with Crippen LogP contribution in [0, 0.1) is 6.92 Å². The molecule has 1 aliphatic heterocycles. The molecule has 1 aliphatic carbocycles. The Kier molecular flexibility index (Phi) is 5.02. The van der Waals surface area contributed by atoms with Gasteiger partial charge in [-0.15, -0.1) is 0 Å². The first-order chi connectivity index (χ1) is 14.0. The van der Waals surface area contributed by atoms with Gasteiger partial charge in [-0.3, -0.25) is 14.3 Å². The Bertz CT molecular complexity index is 990. The third-order valence-electron chi connectivity index (χ3n) is 6.05. The van der Waals surface area contributed by atoms with Gasteiger partial charge in [0.1, 0.15) is 0 Å². The normalized spacial score (nSPS) is 21.8. The number of rotatable bonds is 5. The van der Waals surface area contributed by atoms with Crippen molar-refractivity contribution in [2.75, 3.05) is 14.1 Å². The number of hydrogen-bond donors (Lipinski definition) is 2. The van der Waals surface area contributed by atoms with Crippen molar-refractivity contribution >= 4 is 28.4 Å². The van der Waals surface area contributed by atoms with Crippen molar-refractivity contribution in [3.63, 3.8) is 0 Å². The Morgan fingerprint density at radius 2 is 2.00 bits per heavy atom. The molecule has 1 aromatic heterocycles. The lowest BCUT2D eigenvalue weighted by molar-refractivity contribution is -0.149. The zero-order chi connectivity index (χ0) is 20.6. The van der Waals surface area contributed by atoms with E-state index < -0.39 is 5.60 Å². The van der Waals surface area contributed by atoms with Crippen LogP contribution in [0.2, 0.25) is 0 Å². The molecule has 2 heterocycles. The smallest absolute Gasteiger partial charge is 0.267 e. The number of fused-ring (bicyclic) bond motifs is 1. The van der Waals surface area contributed by atoms with Gasteiger partial charge >= 0.3 is 0 Å². The molecule has 4 rings (SSSR count). The molecular weight excluding hydrogens is 370 g/mol. The lowest BCUT2D eigenvalue weighted by Crippen LogP contribution is -2.48. The summed E-state index contributed by atoms with van der Waals surface area (Å²) in [5, 5.41) is 15.3. The van der Waals surface area contributed by atoms with Crippen LogP contribution in [0.5, 0.6) is 0 Å². The number of carbonyl (C=O) groups is 2. The molecule has 1 saturated carbocycles. The summed E-state index contributed by atoms with van der Waals surface area (Å²) in [4.78, 5) is 30.0. The first-order valence-corrected chi connectivity index (χ1v) is 10.1. The highest BCUT2D eigenvalue weighted by Gasteiger charge is 2.48. The summed E-state index contributed by atoms with van der Waals surface area (Å²) in [6.07, 6.45) is 4.92. The molecule has 1 unspecified atom stereocenters. The van der Waals surface area contributed by atoms with E-state index in [0.717, 1.165) is 35.0 Å². The zero-order valence-electron chi connectivity index (χ0n) is 17.1. The minimum atomic E-state index is -1.32. The van der Waals surface area contributed by atoms with Gasteiger partial charge in [0.25, 0.3) is 5.91 Å². The predicted octanol–water partition coefficient (Wildman–Crippen LogP) is 2.21. The fraction of sp³-hybridized carbons (Fsp3) is 0.524. The van der Waals surface area contributed by atoms with Crippen molar-refractivity contribution in [2.45, 2.75) is 57.1 Å². The molecule has 2 aliphatic rings. The summed E-state index contributed by atoms with van der Waals surface area (Å²) >= 11 is 0. The van der Waals surface area contributed by atoms with Crippen molar-refractivity contribution < 1.29 is 14.4 Å². The number of likely N-dealkylation sites (N-methyl/N-ethyl adjacent to an activating group) is 1. The molecule has 1 aromatic carbocycles. The number of aryl methyl sites for hydroxylation is 1. The van der Waals surface area contributed by atoms with E-state index in [-0.39, 0.29) is 24.7 Å². The van der Waals surface area contributed by atoms with E-state index in [1.165, 1.54) is 26.9 Å². The molecule has 2 N–H and O–H groups in total. The van der Waals surface area contributed by atoms with Crippen molar-refractivity contribution in [1.29, 1.82) is 0 Å². The molecule has 0 spiro atoms. The maximum Gasteiger partial charge on any atom is 0.267 e. The molecule has 8 nitrogen and oxygen atoms in total. The van der Waals surface area contributed by atoms with E-state index >= 15 is 0 Å². The zero-order valence-corrected chi connectivity index (χ0v) is 17.1. The summed E-state index contributed by atoms with van der Waals surface area (Å²) < 4.78 is 2.15. The second kappa shape index (κ2) is 7.50. The molecule has 0 radical (unpaired) electrons. The Morgan fingerprint density at radius 1 is 1.24 bits per heavy atom. The molecule has 0 bridgehead atoms. The molecule has 2 amide bonds. The lowest BCUT2D eigenvalue weighted by atomic mass is 9.89. The maximum atomic E-state index is 12.5. The predicted molar refractivity (Wildman–Crippen MR) is 110 cm³/mol. The summed E-state index contributed by atoms with van der Waals surface area (Å²) in [7, 11) is 3.07. The third-order valence-corrected chi connectivity index (χ3v) is 6.05. The van der Waals surface area contributed by atoms with Gasteiger partial charge < -0.3 is 15.5 Å². The Morgan fingerprint density at radius 3 is 2.69 bits per heavy atom. The van der Waals surface area contributed by atoms with Crippen LogP contribution in [0.4, 0.5) is 0 Å². The lowest BCUT2D eigenvalue weighted by Gasteiger charge is -2.23. The average molecular weight is 397 g/mol. The van der Waals surface area contributed by atoms with E-state index in [4.69, 9.17) is 9.94 Å². The summed E-state index contributed by atoms with van der Waals surface area (Å²) in [6.45, 7) is 2.03. The second-order valence-corrected chi connectivity index (χ2v) is 7.93. The largest absolute Gasteiger partial charge is 0.378 e. The van der Waals surface area contributed by atoms with Crippen LogP contribution in [-0.2, 0) is 14.4 Å². The highest BCUT2D eigenvalue weighted by Crippen LogP contribution is 2.35. The first kappa shape index (κ1) is 19.4. The van der Waals surface area contributed by atoms with E-state index in [1.807, 2.05) is 13.0 Å². The number of hydrogen-bond acceptors (Lipinski definition) is 5. The molecule has 8 heteroatoms. The minimum absolute atomic E-state index is 0.0858. The maximum absolute atomic E-state index is 12.5. The third kappa shape index (κ3) is 3.36.